The van der Waals surface area contributed by atoms with Crippen LogP contribution >= 0.6 is 0 Å². The fourth-order valence-electron chi connectivity index (χ4n) is 2.87. The summed E-state index contributed by atoms with van der Waals surface area (Å²) < 4.78 is 1.69. The Labute approximate surface area is 143 Å². The van der Waals surface area contributed by atoms with Gasteiger partial charge in [-0.15, -0.1) is 0 Å². The molecule has 0 radical (unpaired) electrons. The van der Waals surface area contributed by atoms with Gasteiger partial charge >= 0.3 is 0 Å². The summed E-state index contributed by atoms with van der Waals surface area (Å²) in [5.74, 6) is 0.373. The van der Waals surface area contributed by atoms with Gasteiger partial charge < -0.3 is 10.6 Å². The standard InChI is InChI=1S/C17H15N7O/c1-11-14(16(25)23-13-3-2-6-19-9-13)15(12-4-7-18-8-5-12)24-17(22-11)20-10-21-24/h2-10,15H,1H3,(H,23,25)(H,20,21,22)/t15-/m0/s1. The molecule has 4 heterocycles. The number of carbonyl (C=O) groups excluding carboxylic acids is 1. The Hall–Kier alpha value is -3.55. The first-order valence-corrected chi connectivity index (χ1v) is 7.72. The van der Waals surface area contributed by atoms with E-state index in [1.807, 2.05) is 19.1 Å². The zero-order chi connectivity index (χ0) is 17.2. The molecule has 0 aliphatic carbocycles. The number of carbonyl (C=O) groups is 1. The zero-order valence-corrected chi connectivity index (χ0v) is 13.4. The Bertz CT molecular complexity index is 934. The molecule has 25 heavy (non-hydrogen) atoms. The maximum atomic E-state index is 13.0. The Morgan fingerprint density at radius 1 is 1.20 bits per heavy atom. The first-order valence-electron chi connectivity index (χ1n) is 7.72. The monoisotopic (exact) mass is 333 g/mol. The van der Waals surface area contributed by atoms with E-state index >= 15 is 0 Å². The van der Waals surface area contributed by atoms with Gasteiger partial charge in [0.15, 0.2) is 0 Å². The van der Waals surface area contributed by atoms with E-state index in [-0.39, 0.29) is 5.91 Å². The van der Waals surface area contributed by atoms with E-state index in [1.54, 1.807) is 41.6 Å². The van der Waals surface area contributed by atoms with Crippen molar-refractivity contribution >= 4 is 17.5 Å². The van der Waals surface area contributed by atoms with Gasteiger partial charge in [0.25, 0.3) is 5.91 Å². The normalized spacial score (nSPS) is 16.1. The summed E-state index contributed by atoms with van der Waals surface area (Å²) in [5, 5.41) is 10.3. The SMILES string of the molecule is CC1=C(C(=O)Nc2cccnc2)[C@H](c2ccncc2)n2ncnc2N1. The summed E-state index contributed by atoms with van der Waals surface area (Å²) in [6, 6.07) is 6.90. The molecule has 1 atom stereocenters. The van der Waals surface area contributed by atoms with Crippen molar-refractivity contribution in [1.82, 2.24) is 24.7 Å². The first kappa shape index (κ1) is 15.0. The molecule has 3 aromatic rings. The number of aromatic nitrogens is 5. The number of nitrogens with zero attached hydrogens (tertiary/aromatic N) is 5. The van der Waals surface area contributed by atoms with Crippen LogP contribution in [0.3, 0.4) is 0 Å². The molecular formula is C17H15N7O. The molecular weight excluding hydrogens is 318 g/mol. The highest BCUT2D eigenvalue weighted by Gasteiger charge is 2.33. The van der Waals surface area contributed by atoms with Gasteiger partial charge in [-0.1, -0.05) is 0 Å². The lowest BCUT2D eigenvalue weighted by atomic mass is 9.96. The third kappa shape index (κ3) is 2.74. The fourth-order valence-corrected chi connectivity index (χ4v) is 2.87. The molecule has 8 heteroatoms. The second kappa shape index (κ2) is 6.16. The van der Waals surface area contributed by atoms with Crippen molar-refractivity contribution in [2.75, 3.05) is 10.6 Å². The largest absolute Gasteiger partial charge is 0.328 e. The number of rotatable bonds is 3. The number of pyridine rings is 2. The molecule has 0 saturated heterocycles. The van der Waals surface area contributed by atoms with Gasteiger partial charge in [-0.2, -0.15) is 10.1 Å². The predicted octanol–water partition coefficient (Wildman–Crippen LogP) is 2.00. The third-order valence-electron chi connectivity index (χ3n) is 3.98. The molecule has 1 amide bonds. The second-order valence-corrected chi connectivity index (χ2v) is 5.57. The van der Waals surface area contributed by atoms with E-state index in [1.165, 1.54) is 6.33 Å². The maximum absolute atomic E-state index is 13.0. The van der Waals surface area contributed by atoms with Crippen LogP contribution in [0.1, 0.15) is 18.5 Å². The van der Waals surface area contributed by atoms with Crippen molar-refractivity contribution in [1.29, 1.82) is 0 Å². The van der Waals surface area contributed by atoms with Crippen LogP contribution in [-0.2, 0) is 4.79 Å². The van der Waals surface area contributed by atoms with Gasteiger partial charge in [-0.05, 0) is 36.8 Å². The Kier molecular flexibility index (Phi) is 3.70. The Morgan fingerprint density at radius 3 is 2.80 bits per heavy atom. The van der Waals surface area contributed by atoms with E-state index in [9.17, 15) is 4.79 Å². The highest BCUT2D eigenvalue weighted by Crippen LogP contribution is 2.34. The maximum Gasteiger partial charge on any atom is 0.255 e. The average Bonchev–Trinajstić information content (AvgIpc) is 3.10. The van der Waals surface area contributed by atoms with Crippen molar-refractivity contribution in [2.24, 2.45) is 0 Å². The summed E-state index contributed by atoms with van der Waals surface area (Å²) in [7, 11) is 0. The molecule has 0 saturated carbocycles. The van der Waals surface area contributed by atoms with Crippen LogP contribution in [0.2, 0.25) is 0 Å². The highest BCUT2D eigenvalue weighted by molar-refractivity contribution is 6.05. The average molecular weight is 333 g/mol. The summed E-state index contributed by atoms with van der Waals surface area (Å²) in [4.78, 5) is 25.3. The van der Waals surface area contributed by atoms with Crippen molar-refractivity contribution < 1.29 is 4.79 Å². The van der Waals surface area contributed by atoms with E-state index < -0.39 is 6.04 Å². The number of allylic oxidation sites excluding steroid dienone is 1. The van der Waals surface area contributed by atoms with E-state index in [4.69, 9.17) is 0 Å². The molecule has 0 aromatic carbocycles. The molecule has 1 aliphatic rings. The topological polar surface area (TPSA) is 97.6 Å². The van der Waals surface area contributed by atoms with E-state index in [0.29, 0.717) is 17.2 Å². The minimum absolute atomic E-state index is 0.221. The summed E-state index contributed by atoms with van der Waals surface area (Å²) in [5.41, 5.74) is 2.82. The lowest BCUT2D eigenvalue weighted by Gasteiger charge is -2.28. The number of amides is 1. The second-order valence-electron chi connectivity index (χ2n) is 5.57. The van der Waals surface area contributed by atoms with Gasteiger partial charge in [-0.3, -0.25) is 14.8 Å². The van der Waals surface area contributed by atoms with Gasteiger partial charge in [-0.25, -0.2) is 4.68 Å². The number of hydrogen-bond acceptors (Lipinski definition) is 6. The highest BCUT2D eigenvalue weighted by atomic mass is 16.1. The Balaban J connectivity index is 1.77. The van der Waals surface area contributed by atoms with Crippen LogP contribution in [-0.4, -0.2) is 30.6 Å². The van der Waals surface area contributed by atoms with Crippen LogP contribution in [0.25, 0.3) is 0 Å². The molecule has 3 aromatic heterocycles. The predicted molar refractivity (Wildman–Crippen MR) is 91.6 cm³/mol. The molecule has 0 unspecified atom stereocenters. The van der Waals surface area contributed by atoms with Crippen molar-refractivity contribution in [3.05, 3.63) is 72.2 Å². The van der Waals surface area contributed by atoms with Crippen LogP contribution in [0.4, 0.5) is 11.6 Å². The lowest BCUT2D eigenvalue weighted by molar-refractivity contribution is -0.113. The van der Waals surface area contributed by atoms with Crippen LogP contribution in [0.5, 0.6) is 0 Å². The van der Waals surface area contributed by atoms with Crippen molar-refractivity contribution in [2.45, 2.75) is 13.0 Å². The molecule has 0 bridgehead atoms. The summed E-state index contributed by atoms with van der Waals surface area (Å²) in [6.45, 7) is 1.85. The van der Waals surface area contributed by atoms with E-state index in [0.717, 1.165) is 11.3 Å². The molecule has 8 nitrogen and oxygen atoms in total. The van der Waals surface area contributed by atoms with Gasteiger partial charge in [0.2, 0.25) is 5.95 Å². The number of nitrogens with one attached hydrogen (secondary N) is 2. The van der Waals surface area contributed by atoms with Crippen LogP contribution in [0, 0.1) is 0 Å². The summed E-state index contributed by atoms with van der Waals surface area (Å²) >= 11 is 0. The zero-order valence-electron chi connectivity index (χ0n) is 13.4. The fraction of sp³-hybridized carbons (Fsp3) is 0.118. The number of anilines is 2. The molecule has 0 spiro atoms. The minimum atomic E-state index is -0.390. The number of fused-ring (bicyclic) bond motifs is 1. The van der Waals surface area contributed by atoms with E-state index in [2.05, 4.69) is 30.7 Å². The molecule has 0 fully saturated rings. The van der Waals surface area contributed by atoms with Gasteiger partial charge in [0.05, 0.1) is 17.5 Å². The Morgan fingerprint density at radius 2 is 2.04 bits per heavy atom. The first-order chi connectivity index (χ1) is 12.2. The molecule has 2 N–H and O–H groups in total. The van der Waals surface area contributed by atoms with Crippen molar-refractivity contribution in [3.8, 4) is 0 Å². The number of hydrogen-bond donors (Lipinski definition) is 2. The van der Waals surface area contributed by atoms with Gasteiger partial charge in [0.1, 0.15) is 12.4 Å². The lowest BCUT2D eigenvalue weighted by Crippen LogP contribution is -2.31. The minimum Gasteiger partial charge on any atom is -0.328 e. The van der Waals surface area contributed by atoms with Crippen molar-refractivity contribution in [3.63, 3.8) is 0 Å². The smallest absolute Gasteiger partial charge is 0.255 e. The molecule has 1 aliphatic heterocycles. The van der Waals surface area contributed by atoms with Crippen LogP contribution in [0.15, 0.2) is 66.7 Å². The van der Waals surface area contributed by atoms with Gasteiger partial charge in [0, 0.05) is 24.3 Å². The molecule has 4 rings (SSSR count). The third-order valence-corrected chi connectivity index (χ3v) is 3.98. The summed E-state index contributed by atoms with van der Waals surface area (Å²) in [6.07, 6.45) is 8.11. The quantitative estimate of drug-likeness (QED) is 0.761. The molecule has 124 valence electrons. The van der Waals surface area contributed by atoms with Crippen LogP contribution < -0.4 is 10.6 Å².